The quantitative estimate of drug-likeness (QED) is 0.528. The third kappa shape index (κ3) is 3.94. The number of hydrogen-bond acceptors (Lipinski definition) is 4. The maximum absolute atomic E-state index is 13.0. The first-order chi connectivity index (χ1) is 14.7. The molecule has 1 unspecified atom stereocenters. The molecule has 0 bridgehead atoms. The molecule has 4 rings (SSSR count). The van der Waals surface area contributed by atoms with E-state index in [-0.39, 0.29) is 11.9 Å². The summed E-state index contributed by atoms with van der Waals surface area (Å²) < 4.78 is 10.7. The Morgan fingerprint density at radius 3 is 2.33 bits per heavy atom. The fourth-order valence-electron chi connectivity index (χ4n) is 3.92. The lowest BCUT2D eigenvalue weighted by Crippen LogP contribution is -2.28. The monoisotopic (exact) mass is 399 g/mol. The molecule has 0 aromatic heterocycles. The first kappa shape index (κ1) is 19.8. The molecule has 3 aromatic rings. The number of fused-ring (bicyclic) bond motifs is 1. The van der Waals surface area contributed by atoms with Gasteiger partial charge in [0.15, 0.2) is 0 Å². The maximum atomic E-state index is 13.0. The molecule has 0 N–H and O–H groups in total. The predicted molar refractivity (Wildman–Crippen MR) is 119 cm³/mol. The van der Waals surface area contributed by atoms with E-state index < -0.39 is 0 Å². The van der Waals surface area contributed by atoms with Gasteiger partial charge in [0.05, 0.1) is 19.3 Å². The standard InChI is InChI=1S/C26H25NO3/c1-3-30-26(28)23-18-27(17-19-9-5-4-6-10-19)24-12-8-7-11-22(24)25(23)20-13-15-21(29-2)16-14-20/h4-16,18,25H,3,17H2,1-2H3. The second-order valence-corrected chi connectivity index (χ2v) is 7.18. The van der Waals surface area contributed by atoms with Crippen LogP contribution in [-0.4, -0.2) is 19.7 Å². The largest absolute Gasteiger partial charge is 0.497 e. The zero-order chi connectivity index (χ0) is 20.9. The van der Waals surface area contributed by atoms with Crippen molar-refractivity contribution >= 4 is 11.7 Å². The Hall–Kier alpha value is -3.53. The molecule has 0 saturated heterocycles. The number of ether oxygens (including phenoxy) is 2. The molecule has 1 atom stereocenters. The molecule has 0 saturated carbocycles. The molecule has 30 heavy (non-hydrogen) atoms. The number of methoxy groups -OCH3 is 1. The van der Waals surface area contributed by atoms with E-state index in [4.69, 9.17) is 9.47 Å². The van der Waals surface area contributed by atoms with Gasteiger partial charge in [0.1, 0.15) is 5.75 Å². The molecule has 152 valence electrons. The molecule has 0 radical (unpaired) electrons. The van der Waals surface area contributed by atoms with Crippen LogP contribution in [-0.2, 0) is 16.1 Å². The Morgan fingerprint density at radius 1 is 0.933 bits per heavy atom. The van der Waals surface area contributed by atoms with E-state index in [9.17, 15) is 4.79 Å². The van der Waals surface area contributed by atoms with Crippen molar-refractivity contribution in [3.8, 4) is 5.75 Å². The molecule has 4 heteroatoms. The van der Waals surface area contributed by atoms with Crippen LogP contribution in [0.2, 0.25) is 0 Å². The highest BCUT2D eigenvalue weighted by Gasteiger charge is 2.33. The van der Waals surface area contributed by atoms with Gasteiger partial charge in [0, 0.05) is 24.4 Å². The van der Waals surface area contributed by atoms with E-state index in [0.717, 1.165) is 22.6 Å². The van der Waals surface area contributed by atoms with Crippen LogP contribution in [0.25, 0.3) is 0 Å². The smallest absolute Gasteiger partial charge is 0.336 e. The summed E-state index contributed by atoms with van der Waals surface area (Å²) in [6, 6.07) is 26.4. The number of carbonyl (C=O) groups excluding carboxylic acids is 1. The molecule has 3 aromatic carbocycles. The average molecular weight is 399 g/mol. The fraction of sp³-hybridized carbons (Fsp3) is 0.192. The van der Waals surface area contributed by atoms with E-state index in [1.807, 2.05) is 67.7 Å². The lowest BCUT2D eigenvalue weighted by Gasteiger charge is -2.34. The molecule has 1 aliphatic rings. The number of hydrogen-bond donors (Lipinski definition) is 0. The Kier molecular flexibility index (Phi) is 5.84. The van der Waals surface area contributed by atoms with Gasteiger partial charge in [-0.15, -0.1) is 0 Å². The van der Waals surface area contributed by atoms with Gasteiger partial charge in [0.25, 0.3) is 0 Å². The lowest BCUT2D eigenvalue weighted by atomic mass is 9.81. The molecule has 4 nitrogen and oxygen atoms in total. The predicted octanol–water partition coefficient (Wildman–Crippen LogP) is 5.29. The summed E-state index contributed by atoms with van der Waals surface area (Å²) in [6.07, 6.45) is 1.95. The van der Waals surface area contributed by atoms with Crippen molar-refractivity contribution in [2.45, 2.75) is 19.4 Å². The Bertz CT molecular complexity index is 1040. The minimum atomic E-state index is -0.286. The highest BCUT2D eigenvalue weighted by molar-refractivity contribution is 5.93. The number of benzene rings is 3. The number of rotatable bonds is 6. The molecule has 1 aliphatic heterocycles. The summed E-state index contributed by atoms with van der Waals surface area (Å²) in [7, 11) is 1.65. The highest BCUT2D eigenvalue weighted by atomic mass is 16.5. The molecule has 0 aliphatic carbocycles. The minimum absolute atomic E-state index is 0.196. The Labute approximate surface area is 177 Å². The van der Waals surface area contributed by atoms with Crippen LogP contribution in [0.4, 0.5) is 5.69 Å². The third-order valence-electron chi connectivity index (χ3n) is 5.32. The lowest BCUT2D eigenvalue weighted by molar-refractivity contribution is -0.138. The number of nitrogens with zero attached hydrogens (tertiary/aromatic N) is 1. The van der Waals surface area contributed by atoms with Gasteiger partial charge in [-0.25, -0.2) is 4.79 Å². The number of para-hydroxylation sites is 1. The topological polar surface area (TPSA) is 38.8 Å². The minimum Gasteiger partial charge on any atom is -0.497 e. The summed E-state index contributed by atoms with van der Waals surface area (Å²) in [4.78, 5) is 15.1. The van der Waals surface area contributed by atoms with Crippen molar-refractivity contribution in [2.75, 3.05) is 18.6 Å². The van der Waals surface area contributed by atoms with Gasteiger partial charge in [-0.05, 0) is 41.8 Å². The molecule has 0 fully saturated rings. The molecular formula is C26H25NO3. The molecule has 0 amide bonds. The van der Waals surface area contributed by atoms with Crippen LogP contribution in [0.3, 0.4) is 0 Å². The number of anilines is 1. The van der Waals surface area contributed by atoms with Crippen LogP contribution >= 0.6 is 0 Å². The Balaban J connectivity index is 1.81. The van der Waals surface area contributed by atoms with Crippen molar-refractivity contribution in [1.82, 2.24) is 0 Å². The summed E-state index contributed by atoms with van der Waals surface area (Å²) in [5.74, 6) is 0.305. The van der Waals surface area contributed by atoms with Crippen molar-refractivity contribution in [3.63, 3.8) is 0 Å². The first-order valence-corrected chi connectivity index (χ1v) is 10.1. The summed E-state index contributed by atoms with van der Waals surface area (Å²) >= 11 is 0. The van der Waals surface area contributed by atoms with Crippen molar-refractivity contribution in [3.05, 3.63) is 107 Å². The van der Waals surface area contributed by atoms with Crippen molar-refractivity contribution < 1.29 is 14.3 Å². The van der Waals surface area contributed by atoms with Crippen LogP contribution < -0.4 is 9.64 Å². The molecular weight excluding hydrogens is 374 g/mol. The van der Waals surface area contributed by atoms with E-state index in [1.165, 1.54) is 5.56 Å². The normalized spacial score (nSPS) is 15.2. The van der Waals surface area contributed by atoms with E-state index in [1.54, 1.807) is 7.11 Å². The van der Waals surface area contributed by atoms with Crippen molar-refractivity contribution in [1.29, 1.82) is 0 Å². The Morgan fingerprint density at radius 2 is 1.63 bits per heavy atom. The fourth-order valence-corrected chi connectivity index (χ4v) is 3.92. The third-order valence-corrected chi connectivity index (χ3v) is 5.32. The zero-order valence-electron chi connectivity index (χ0n) is 17.2. The summed E-state index contributed by atoms with van der Waals surface area (Å²) in [5, 5.41) is 0. The molecule has 0 spiro atoms. The number of esters is 1. The van der Waals surface area contributed by atoms with E-state index >= 15 is 0 Å². The van der Waals surface area contributed by atoms with Gasteiger partial charge in [-0.1, -0.05) is 60.7 Å². The molecule has 1 heterocycles. The van der Waals surface area contributed by atoms with Gasteiger partial charge in [-0.3, -0.25) is 0 Å². The van der Waals surface area contributed by atoms with Gasteiger partial charge < -0.3 is 14.4 Å². The second-order valence-electron chi connectivity index (χ2n) is 7.18. The van der Waals surface area contributed by atoms with Crippen molar-refractivity contribution in [2.24, 2.45) is 0 Å². The maximum Gasteiger partial charge on any atom is 0.336 e. The summed E-state index contributed by atoms with van der Waals surface area (Å²) in [5.41, 5.74) is 5.02. The van der Waals surface area contributed by atoms with E-state index in [2.05, 4.69) is 29.2 Å². The van der Waals surface area contributed by atoms with Crippen LogP contribution in [0.15, 0.2) is 90.6 Å². The second kappa shape index (κ2) is 8.87. The van der Waals surface area contributed by atoms with Crippen LogP contribution in [0, 0.1) is 0 Å². The first-order valence-electron chi connectivity index (χ1n) is 10.1. The van der Waals surface area contributed by atoms with Gasteiger partial charge >= 0.3 is 5.97 Å². The number of carbonyl (C=O) groups is 1. The van der Waals surface area contributed by atoms with E-state index in [0.29, 0.717) is 18.7 Å². The van der Waals surface area contributed by atoms with Crippen LogP contribution in [0.1, 0.15) is 29.5 Å². The SMILES string of the molecule is CCOC(=O)C1=CN(Cc2ccccc2)c2ccccc2C1c1ccc(OC)cc1. The van der Waals surface area contributed by atoms with Gasteiger partial charge in [0.2, 0.25) is 0 Å². The van der Waals surface area contributed by atoms with Crippen LogP contribution in [0.5, 0.6) is 5.75 Å². The van der Waals surface area contributed by atoms with Gasteiger partial charge in [-0.2, -0.15) is 0 Å². The zero-order valence-corrected chi connectivity index (χ0v) is 17.2. The highest BCUT2D eigenvalue weighted by Crippen LogP contribution is 2.43. The average Bonchev–Trinajstić information content (AvgIpc) is 2.80. The summed E-state index contributed by atoms with van der Waals surface area (Å²) in [6.45, 7) is 2.85.